The molecule has 1 saturated carbocycles. The van der Waals surface area contributed by atoms with E-state index < -0.39 is 6.04 Å². The number of para-hydroxylation sites is 1. The highest BCUT2D eigenvalue weighted by molar-refractivity contribution is 6.01. The molecule has 10 nitrogen and oxygen atoms in total. The first kappa shape index (κ1) is 28.9. The predicted molar refractivity (Wildman–Crippen MR) is 160 cm³/mol. The number of benzene rings is 3. The minimum Gasteiger partial charge on any atom is -0.494 e. The third kappa shape index (κ3) is 6.32. The average molecular weight is 572 g/mol. The Morgan fingerprint density at radius 1 is 0.976 bits per heavy atom. The van der Waals surface area contributed by atoms with E-state index >= 15 is 0 Å². The Morgan fingerprint density at radius 3 is 2.43 bits per heavy atom. The summed E-state index contributed by atoms with van der Waals surface area (Å²) in [5.41, 5.74) is 2.55. The first-order chi connectivity index (χ1) is 20.5. The molecule has 0 bridgehead atoms. The van der Waals surface area contributed by atoms with Gasteiger partial charge in [0.05, 0.1) is 26.3 Å². The van der Waals surface area contributed by atoms with E-state index in [4.69, 9.17) is 14.2 Å². The topological polar surface area (TPSA) is 108 Å². The van der Waals surface area contributed by atoms with Gasteiger partial charge in [-0.15, -0.1) is 5.10 Å². The molecule has 2 amide bonds. The number of nitrogens with zero attached hydrogens (tertiary/aromatic N) is 4. The van der Waals surface area contributed by atoms with Crippen molar-refractivity contribution < 1.29 is 23.8 Å². The second-order valence-electron chi connectivity index (χ2n) is 10.3. The first-order valence-corrected chi connectivity index (χ1v) is 14.4. The van der Waals surface area contributed by atoms with Crippen LogP contribution in [0.1, 0.15) is 50.6 Å². The lowest BCUT2D eigenvalue weighted by atomic mass is 9.94. The highest BCUT2D eigenvalue weighted by Gasteiger charge is 2.35. The van der Waals surface area contributed by atoms with Crippen molar-refractivity contribution in [2.45, 2.75) is 57.7 Å². The van der Waals surface area contributed by atoms with Crippen LogP contribution in [0.4, 0.5) is 5.69 Å². The SMILES string of the molecule is CCOc1ccc(N(C(=O)Cn2nnc3ccccc32)C(C(=O)NC2CCCCC2)c2ccc(OC)c(OC)c2)cc1. The Bertz CT molecular complexity index is 1510. The van der Waals surface area contributed by atoms with Crippen LogP contribution in [0.5, 0.6) is 17.2 Å². The number of carbonyl (C=O) groups excluding carboxylic acids is 2. The van der Waals surface area contributed by atoms with Gasteiger partial charge < -0.3 is 19.5 Å². The number of hydrogen-bond acceptors (Lipinski definition) is 7. The van der Waals surface area contributed by atoms with Gasteiger partial charge in [0.1, 0.15) is 23.9 Å². The summed E-state index contributed by atoms with van der Waals surface area (Å²) in [5, 5.41) is 11.7. The van der Waals surface area contributed by atoms with E-state index in [2.05, 4.69) is 15.6 Å². The van der Waals surface area contributed by atoms with Gasteiger partial charge in [0, 0.05) is 11.7 Å². The van der Waals surface area contributed by atoms with Crippen molar-refractivity contribution in [1.82, 2.24) is 20.3 Å². The van der Waals surface area contributed by atoms with Crippen LogP contribution >= 0.6 is 0 Å². The standard InChI is InChI=1S/C32H37N5O5/c1-4-42-25-17-15-24(16-18-25)37(30(38)21-36-27-13-9-8-12-26(27)34-35-36)31(32(39)33-23-10-6-5-7-11-23)22-14-19-28(40-2)29(20-22)41-3/h8-9,12-20,23,31H,4-7,10-11,21H2,1-3H3,(H,33,39). The fourth-order valence-electron chi connectivity index (χ4n) is 5.51. The summed E-state index contributed by atoms with van der Waals surface area (Å²) < 4.78 is 18.2. The fraction of sp³-hybridized carbons (Fsp3) is 0.375. The van der Waals surface area contributed by atoms with Gasteiger partial charge in [0.2, 0.25) is 11.8 Å². The van der Waals surface area contributed by atoms with E-state index in [1.165, 1.54) is 4.90 Å². The second kappa shape index (κ2) is 13.4. The quantitative estimate of drug-likeness (QED) is 0.268. The van der Waals surface area contributed by atoms with E-state index in [-0.39, 0.29) is 24.4 Å². The summed E-state index contributed by atoms with van der Waals surface area (Å²) >= 11 is 0. The highest BCUT2D eigenvalue weighted by atomic mass is 16.5. The molecule has 42 heavy (non-hydrogen) atoms. The predicted octanol–water partition coefficient (Wildman–Crippen LogP) is 5.07. The molecule has 0 saturated heterocycles. The summed E-state index contributed by atoms with van der Waals surface area (Å²) in [5.74, 6) is 1.07. The zero-order valence-corrected chi connectivity index (χ0v) is 24.3. The van der Waals surface area contributed by atoms with Crippen LogP contribution in [0, 0.1) is 0 Å². The average Bonchev–Trinajstić information content (AvgIpc) is 3.43. The zero-order chi connectivity index (χ0) is 29.5. The van der Waals surface area contributed by atoms with Gasteiger partial charge in [0.25, 0.3) is 0 Å². The van der Waals surface area contributed by atoms with Crippen LogP contribution in [0.25, 0.3) is 11.0 Å². The van der Waals surface area contributed by atoms with Crippen LogP contribution in [0.15, 0.2) is 66.7 Å². The van der Waals surface area contributed by atoms with Gasteiger partial charge in [-0.3, -0.25) is 14.5 Å². The number of amides is 2. The van der Waals surface area contributed by atoms with E-state index in [9.17, 15) is 9.59 Å². The molecule has 1 fully saturated rings. The smallest absolute Gasteiger partial charge is 0.249 e. The molecule has 10 heteroatoms. The molecular weight excluding hydrogens is 534 g/mol. The molecule has 1 N–H and O–H groups in total. The third-order valence-electron chi connectivity index (χ3n) is 7.58. The molecule has 1 unspecified atom stereocenters. The first-order valence-electron chi connectivity index (χ1n) is 14.4. The third-order valence-corrected chi connectivity index (χ3v) is 7.58. The molecule has 0 radical (unpaired) electrons. The molecule has 4 aromatic rings. The second-order valence-corrected chi connectivity index (χ2v) is 10.3. The molecule has 1 aromatic heterocycles. The van der Waals surface area contributed by atoms with Crippen molar-refractivity contribution in [3.63, 3.8) is 0 Å². The van der Waals surface area contributed by atoms with Crippen molar-refractivity contribution in [2.24, 2.45) is 0 Å². The summed E-state index contributed by atoms with van der Waals surface area (Å²) in [6.45, 7) is 2.31. The molecule has 1 heterocycles. The summed E-state index contributed by atoms with van der Waals surface area (Å²) in [4.78, 5) is 30.1. The van der Waals surface area contributed by atoms with Crippen molar-refractivity contribution >= 4 is 28.5 Å². The summed E-state index contributed by atoms with van der Waals surface area (Å²) in [6.07, 6.45) is 5.10. The number of ether oxygens (including phenoxy) is 3. The minimum absolute atomic E-state index is 0.0467. The molecule has 3 aromatic carbocycles. The largest absolute Gasteiger partial charge is 0.494 e. The van der Waals surface area contributed by atoms with Crippen LogP contribution < -0.4 is 24.4 Å². The Kier molecular flexibility index (Phi) is 9.21. The molecule has 0 spiro atoms. The molecule has 1 aliphatic carbocycles. The zero-order valence-electron chi connectivity index (χ0n) is 24.3. The van der Waals surface area contributed by atoms with E-state index in [1.54, 1.807) is 61.4 Å². The highest BCUT2D eigenvalue weighted by Crippen LogP contribution is 2.35. The summed E-state index contributed by atoms with van der Waals surface area (Å²) in [7, 11) is 3.10. The Hall–Kier alpha value is -4.60. The molecule has 0 aliphatic heterocycles. The van der Waals surface area contributed by atoms with Crippen molar-refractivity contribution in [2.75, 3.05) is 25.7 Å². The van der Waals surface area contributed by atoms with Gasteiger partial charge in [0.15, 0.2) is 11.5 Å². The lowest BCUT2D eigenvalue weighted by Gasteiger charge is -2.33. The van der Waals surface area contributed by atoms with Crippen LogP contribution in [0.2, 0.25) is 0 Å². The number of nitrogens with one attached hydrogen (secondary N) is 1. The number of fused-ring (bicyclic) bond motifs is 1. The number of hydrogen-bond donors (Lipinski definition) is 1. The Labute approximate surface area is 245 Å². The Morgan fingerprint density at radius 2 is 1.71 bits per heavy atom. The van der Waals surface area contributed by atoms with E-state index in [1.807, 2.05) is 31.2 Å². The Balaban J connectivity index is 1.59. The van der Waals surface area contributed by atoms with E-state index in [0.29, 0.717) is 40.6 Å². The van der Waals surface area contributed by atoms with Crippen LogP contribution in [0.3, 0.4) is 0 Å². The number of anilines is 1. The van der Waals surface area contributed by atoms with Crippen LogP contribution in [-0.4, -0.2) is 53.7 Å². The lowest BCUT2D eigenvalue weighted by molar-refractivity contribution is -0.127. The maximum absolute atomic E-state index is 14.3. The van der Waals surface area contributed by atoms with Gasteiger partial charge in [-0.25, -0.2) is 4.68 Å². The van der Waals surface area contributed by atoms with Crippen LogP contribution in [-0.2, 0) is 16.1 Å². The normalized spacial score (nSPS) is 14.3. The number of rotatable bonds is 11. The lowest BCUT2D eigenvalue weighted by Crippen LogP contribution is -2.48. The number of aromatic nitrogens is 3. The van der Waals surface area contributed by atoms with Gasteiger partial charge in [-0.05, 0) is 73.9 Å². The summed E-state index contributed by atoms with van der Waals surface area (Å²) in [6, 6.07) is 19.0. The molecular formula is C32H37N5O5. The fourth-order valence-corrected chi connectivity index (χ4v) is 5.51. The van der Waals surface area contributed by atoms with Gasteiger partial charge in [-0.2, -0.15) is 0 Å². The molecule has 1 aliphatic rings. The minimum atomic E-state index is -0.994. The molecule has 5 rings (SSSR count). The van der Waals surface area contributed by atoms with Gasteiger partial charge in [-0.1, -0.05) is 42.7 Å². The molecule has 1 atom stereocenters. The maximum atomic E-state index is 14.3. The van der Waals surface area contributed by atoms with E-state index in [0.717, 1.165) is 37.6 Å². The number of carbonyl (C=O) groups is 2. The van der Waals surface area contributed by atoms with Crippen molar-refractivity contribution in [3.8, 4) is 17.2 Å². The van der Waals surface area contributed by atoms with Crippen molar-refractivity contribution in [3.05, 3.63) is 72.3 Å². The van der Waals surface area contributed by atoms with Crippen molar-refractivity contribution in [1.29, 1.82) is 0 Å². The van der Waals surface area contributed by atoms with Gasteiger partial charge >= 0.3 is 0 Å². The monoisotopic (exact) mass is 571 g/mol. The molecule has 220 valence electrons. The number of methoxy groups -OCH3 is 2. The maximum Gasteiger partial charge on any atom is 0.249 e.